The lowest BCUT2D eigenvalue weighted by Gasteiger charge is -2.01. The molecule has 1 aromatic heterocycles. The van der Waals surface area contributed by atoms with Crippen molar-refractivity contribution in [1.82, 2.24) is 9.78 Å². The van der Waals surface area contributed by atoms with E-state index in [4.69, 9.17) is 0 Å². The average Bonchev–Trinajstić information content (AvgIpc) is 2.73. The molecule has 0 saturated carbocycles. The maximum atomic E-state index is 12.7. The molecule has 2 aromatic rings. The van der Waals surface area contributed by atoms with Crippen LogP contribution in [0.25, 0.3) is 0 Å². The number of hydrogen-bond acceptors (Lipinski definition) is 2. The molecule has 0 amide bonds. The van der Waals surface area contributed by atoms with Crippen molar-refractivity contribution in [2.75, 3.05) is 0 Å². The Kier molecular flexibility index (Phi) is 3.68. The van der Waals surface area contributed by atoms with Crippen LogP contribution in [0.2, 0.25) is 0 Å². The van der Waals surface area contributed by atoms with Crippen molar-refractivity contribution < 1.29 is 9.18 Å². The third kappa shape index (κ3) is 3.23. The summed E-state index contributed by atoms with van der Waals surface area (Å²) in [6.45, 7) is 0.516. The Morgan fingerprint density at radius 1 is 1.35 bits per heavy atom. The highest BCUT2D eigenvalue weighted by atomic mass is 79.9. The lowest BCUT2D eigenvalue weighted by molar-refractivity contribution is 0.0975. The molecule has 5 heteroatoms. The third-order valence-corrected chi connectivity index (χ3v) is 2.75. The zero-order valence-corrected chi connectivity index (χ0v) is 10.5. The van der Waals surface area contributed by atoms with Crippen LogP contribution in [0.4, 0.5) is 4.39 Å². The summed E-state index contributed by atoms with van der Waals surface area (Å²) in [4.78, 5) is 11.8. The smallest absolute Gasteiger partial charge is 0.164 e. The molecule has 0 bridgehead atoms. The van der Waals surface area contributed by atoms with Gasteiger partial charge in [-0.2, -0.15) is 5.10 Å². The maximum Gasteiger partial charge on any atom is 0.164 e. The summed E-state index contributed by atoms with van der Waals surface area (Å²) in [6.07, 6.45) is 3.82. The van der Waals surface area contributed by atoms with Crippen molar-refractivity contribution in [2.24, 2.45) is 0 Å². The van der Waals surface area contributed by atoms with Crippen LogP contribution in [0.5, 0.6) is 0 Å². The second-order valence-corrected chi connectivity index (χ2v) is 4.52. The Balaban J connectivity index is 1.95. The van der Waals surface area contributed by atoms with E-state index < -0.39 is 0 Å². The third-order valence-electron chi connectivity index (χ3n) is 2.34. The zero-order valence-electron chi connectivity index (χ0n) is 8.94. The number of aryl methyl sites for hydroxylation is 1. The summed E-state index contributed by atoms with van der Waals surface area (Å²) < 4.78 is 15.2. The van der Waals surface area contributed by atoms with Gasteiger partial charge >= 0.3 is 0 Å². The molecule has 17 heavy (non-hydrogen) atoms. The van der Waals surface area contributed by atoms with E-state index >= 15 is 0 Å². The van der Waals surface area contributed by atoms with E-state index in [1.807, 2.05) is 0 Å². The monoisotopic (exact) mass is 296 g/mol. The fraction of sp³-hybridized carbons (Fsp3) is 0.167. The van der Waals surface area contributed by atoms with Crippen LogP contribution >= 0.6 is 15.9 Å². The van der Waals surface area contributed by atoms with Crippen LogP contribution in [0.15, 0.2) is 41.1 Å². The number of Topliss-reactive ketones (excluding diaryl/α,β-unsaturated/α-hetero) is 1. The van der Waals surface area contributed by atoms with Gasteiger partial charge in [-0.25, -0.2) is 4.39 Å². The quantitative estimate of drug-likeness (QED) is 0.813. The Morgan fingerprint density at radius 2 is 2.06 bits per heavy atom. The average molecular weight is 297 g/mol. The van der Waals surface area contributed by atoms with Crippen molar-refractivity contribution in [3.8, 4) is 0 Å². The number of aromatic nitrogens is 2. The topological polar surface area (TPSA) is 34.9 Å². The molecule has 0 unspecified atom stereocenters. The summed E-state index contributed by atoms with van der Waals surface area (Å²) in [6, 6.07) is 5.57. The fourth-order valence-electron chi connectivity index (χ4n) is 1.46. The molecule has 0 fully saturated rings. The van der Waals surface area contributed by atoms with Crippen LogP contribution < -0.4 is 0 Å². The van der Waals surface area contributed by atoms with Crippen LogP contribution in [0, 0.1) is 5.82 Å². The Hall–Kier alpha value is -1.49. The van der Waals surface area contributed by atoms with E-state index in [0.29, 0.717) is 18.5 Å². The molecule has 2 rings (SSSR count). The number of hydrogen-bond donors (Lipinski definition) is 0. The highest BCUT2D eigenvalue weighted by Crippen LogP contribution is 2.09. The molecule has 3 nitrogen and oxygen atoms in total. The van der Waals surface area contributed by atoms with E-state index in [0.717, 1.165) is 4.47 Å². The minimum Gasteiger partial charge on any atom is -0.294 e. The molecule has 0 aliphatic rings. The number of carbonyl (C=O) groups excluding carboxylic acids is 1. The molecule has 88 valence electrons. The van der Waals surface area contributed by atoms with E-state index in [-0.39, 0.29) is 11.6 Å². The molecule has 0 saturated heterocycles. The molecule has 0 radical (unpaired) electrons. The van der Waals surface area contributed by atoms with Crippen molar-refractivity contribution >= 4 is 21.7 Å². The summed E-state index contributed by atoms with van der Waals surface area (Å²) in [7, 11) is 0. The second kappa shape index (κ2) is 5.23. The first-order valence-electron chi connectivity index (χ1n) is 5.12. The largest absolute Gasteiger partial charge is 0.294 e. The van der Waals surface area contributed by atoms with Gasteiger partial charge in [0.2, 0.25) is 0 Å². The van der Waals surface area contributed by atoms with E-state index in [2.05, 4.69) is 21.0 Å². The van der Waals surface area contributed by atoms with Gasteiger partial charge in [-0.15, -0.1) is 0 Å². The van der Waals surface area contributed by atoms with Gasteiger partial charge in [-0.3, -0.25) is 9.48 Å². The summed E-state index contributed by atoms with van der Waals surface area (Å²) in [5.41, 5.74) is 0.526. The second-order valence-electron chi connectivity index (χ2n) is 3.60. The summed E-state index contributed by atoms with van der Waals surface area (Å²) in [5.74, 6) is -0.353. The van der Waals surface area contributed by atoms with Gasteiger partial charge in [0.05, 0.1) is 10.7 Å². The minimum atomic E-state index is -0.336. The van der Waals surface area contributed by atoms with Gasteiger partial charge in [0, 0.05) is 24.7 Å². The standard InChI is InChI=1S/C12H10BrFN2O/c13-10-7-15-16(8-10)6-5-12(17)9-1-3-11(14)4-2-9/h1-4,7-8H,5-6H2. The molecule has 0 aliphatic heterocycles. The van der Waals surface area contributed by atoms with Gasteiger partial charge in [0.1, 0.15) is 5.82 Å². The number of rotatable bonds is 4. The van der Waals surface area contributed by atoms with E-state index in [1.165, 1.54) is 24.3 Å². The van der Waals surface area contributed by atoms with Gasteiger partial charge in [-0.05, 0) is 40.2 Å². The summed E-state index contributed by atoms with van der Waals surface area (Å²) in [5, 5.41) is 4.05. The Bertz CT molecular complexity index is 522. The number of ketones is 1. The van der Waals surface area contributed by atoms with Gasteiger partial charge < -0.3 is 0 Å². The van der Waals surface area contributed by atoms with Crippen LogP contribution in [-0.4, -0.2) is 15.6 Å². The number of halogens is 2. The van der Waals surface area contributed by atoms with Crippen molar-refractivity contribution in [2.45, 2.75) is 13.0 Å². The SMILES string of the molecule is O=C(CCn1cc(Br)cn1)c1ccc(F)cc1. The van der Waals surface area contributed by atoms with Gasteiger partial charge in [0.25, 0.3) is 0 Å². The molecule has 0 spiro atoms. The van der Waals surface area contributed by atoms with E-state index in [9.17, 15) is 9.18 Å². The highest BCUT2D eigenvalue weighted by Gasteiger charge is 2.06. The number of benzene rings is 1. The summed E-state index contributed by atoms with van der Waals surface area (Å²) >= 11 is 3.28. The van der Waals surface area contributed by atoms with Gasteiger partial charge in [0.15, 0.2) is 5.78 Å². The van der Waals surface area contributed by atoms with Crippen molar-refractivity contribution in [1.29, 1.82) is 0 Å². The van der Waals surface area contributed by atoms with Crippen LogP contribution in [0.1, 0.15) is 16.8 Å². The number of carbonyl (C=O) groups is 1. The van der Waals surface area contributed by atoms with Crippen LogP contribution in [-0.2, 0) is 6.54 Å². The predicted molar refractivity (Wildman–Crippen MR) is 65.3 cm³/mol. The highest BCUT2D eigenvalue weighted by molar-refractivity contribution is 9.10. The zero-order chi connectivity index (χ0) is 12.3. The minimum absolute atomic E-state index is 0.0170. The van der Waals surface area contributed by atoms with E-state index in [1.54, 1.807) is 17.1 Å². The first-order valence-corrected chi connectivity index (χ1v) is 5.91. The first-order chi connectivity index (χ1) is 8.15. The normalized spacial score (nSPS) is 10.5. The molecule has 0 aliphatic carbocycles. The lowest BCUT2D eigenvalue weighted by Crippen LogP contribution is -2.06. The first kappa shape index (κ1) is 12.0. The predicted octanol–water partition coefficient (Wildman–Crippen LogP) is 3.06. The number of nitrogens with zero attached hydrogens (tertiary/aromatic N) is 2. The Labute approximate surface area is 106 Å². The van der Waals surface area contributed by atoms with Crippen molar-refractivity contribution in [3.63, 3.8) is 0 Å². The molecular weight excluding hydrogens is 287 g/mol. The van der Waals surface area contributed by atoms with Crippen LogP contribution in [0.3, 0.4) is 0 Å². The molecule has 0 atom stereocenters. The molecular formula is C12H10BrFN2O. The molecule has 1 heterocycles. The van der Waals surface area contributed by atoms with Gasteiger partial charge in [-0.1, -0.05) is 0 Å². The molecule has 1 aromatic carbocycles. The Morgan fingerprint density at radius 3 is 2.65 bits per heavy atom. The fourth-order valence-corrected chi connectivity index (χ4v) is 1.78. The maximum absolute atomic E-state index is 12.7. The lowest BCUT2D eigenvalue weighted by atomic mass is 10.1. The van der Waals surface area contributed by atoms with Crippen molar-refractivity contribution in [3.05, 3.63) is 52.5 Å². The molecule has 0 N–H and O–H groups in total.